The normalized spacial score (nSPS) is 15.0. The van der Waals surface area contributed by atoms with Gasteiger partial charge < -0.3 is 37.0 Å². The zero-order valence-corrected chi connectivity index (χ0v) is 17.0. The highest BCUT2D eigenvalue weighted by molar-refractivity contribution is 7.80. The van der Waals surface area contributed by atoms with Gasteiger partial charge in [0.2, 0.25) is 17.7 Å². The molecule has 13 heteroatoms. The SMILES string of the molecule is CC(C)CC(NC(=O)C(N)CO)C(=O)NC(CC(=O)O)C(=O)NC(CS)C(=O)O. The molecule has 0 aliphatic heterocycles. The summed E-state index contributed by atoms with van der Waals surface area (Å²) in [7, 11) is 0. The van der Waals surface area contributed by atoms with Crippen molar-refractivity contribution in [3.8, 4) is 0 Å². The van der Waals surface area contributed by atoms with E-state index in [2.05, 4.69) is 28.6 Å². The van der Waals surface area contributed by atoms with Crippen molar-refractivity contribution in [3.63, 3.8) is 0 Å². The molecule has 0 heterocycles. The molecule has 0 saturated carbocycles. The number of nitrogens with one attached hydrogen (secondary N) is 3. The maximum Gasteiger partial charge on any atom is 0.327 e. The second-order valence-electron chi connectivity index (χ2n) is 6.72. The van der Waals surface area contributed by atoms with Gasteiger partial charge in [0.15, 0.2) is 0 Å². The van der Waals surface area contributed by atoms with Gasteiger partial charge >= 0.3 is 11.9 Å². The summed E-state index contributed by atoms with van der Waals surface area (Å²) in [5.74, 6) is -5.77. The first-order valence-electron chi connectivity index (χ1n) is 8.75. The minimum Gasteiger partial charge on any atom is -0.481 e. The summed E-state index contributed by atoms with van der Waals surface area (Å²) < 4.78 is 0. The van der Waals surface area contributed by atoms with E-state index < -0.39 is 66.9 Å². The van der Waals surface area contributed by atoms with Gasteiger partial charge in [0.05, 0.1) is 13.0 Å². The molecule has 0 fully saturated rings. The molecule has 166 valence electrons. The van der Waals surface area contributed by atoms with Crippen LogP contribution in [-0.4, -0.2) is 81.5 Å². The number of hydrogen-bond acceptors (Lipinski definition) is 8. The van der Waals surface area contributed by atoms with Crippen molar-refractivity contribution in [1.29, 1.82) is 0 Å². The Kier molecular flexibility index (Phi) is 11.9. The van der Waals surface area contributed by atoms with Gasteiger partial charge in [-0.2, -0.15) is 12.6 Å². The van der Waals surface area contributed by atoms with Crippen molar-refractivity contribution < 1.29 is 39.3 Å². The van der Waals surface area contributed by atoms with Crippen molar-refractivity contribution in [3.05, 3.63) is 0 Å². The van der Waals surface area contributed by atoms with Gasteiger partial charge in [-0.15, -0.1) is 0 Å². The standard InChI is InChI=1S/C16H28N4O8S/c1-7(2)3-9(18-13(24)8(17)5-21)14(25)19-10(4-12(22)23)15(26)20-11(6-29)16(27)28/h7-11,21,29H,3-6,17H2,1-2H3,(H,18,24)(H,19,25)(H,20,26)(H,22,23)(H,27,28). The monoisotopic (exact) mass is 436 g/mol. The first-order chi connectivity index (χ1) is 13.4. The Labute approximate surface area is 173 Å². The van der Waals surface area contributed by atoms with Gasteiger partial charge in [0.25, 0.3) is 0 Å². The molecule has 0 rings (SSSR count). The average molecular weight is 436 g/mol. The van der Waals surface area contributed by atoms with Gasteiger partial charge in [-0.25, -0.2) is 4.79 Å². The third-order valence-corrected chi connectivity index (χ3v) is 4.05. The number of hydrogen-bond donors (Lipinski definition) is 8. The number of thiol groups is 1. The zero-order chi connectivity index (χ0) is 22.7. The lowest BCUT2D eigenvalue weighted by atomic mass is 10.0. The number of aliphatic hydroxyl groups excluding tert-OH is 1. The predicted octanol–water partition coefficient (Wildman–Crippen LogP) is -2.70. The number of aliphatic carboxylic acids is 2. The second-order valence-corrected chi connectivity index (χ2v) is 7.09. The molecule has 8 N–H and O–H groups in total. The fourth-order valence-corrected chi connectivity index (χ4v) is 2.43. The molecule has 4 unspecified atom stereocenters. The molecule has 0 saturated heterocycles. The van der Waals surface area contributed by atoms with E-state index in [0.29, 0.717) is 0 Å². The first kappa shape index (κ1) is 26.6. The Morgan fingerprint density at radius 1 is 0.897 bits per heavy atom. The highest BCUT2D eigenvalue weighted by Gasteiger charge is 2.31. The number of carbonyl (C=O) groups is 5. The van der Waals surface area contributed by atoms with Gasteiger partial charge in [-0.05, 0) is 12.3 Å². The van der Waals surface area contributed by atoms with E-state index in [4.69, 9.17) is 21.1 Å². The Balaban J connectivity index is 5.39. The summed E-state index contributed by atoms with van der Waals surface area (Å²) >= 11 is 3.79. The van der Waals surface area contributed by atoms with Crippen LogP contribution in [0.1, 0.15) is 26.7 Å². The van der Waals surface area contributed by atoms with Gasteiger partial charge in [0.1, 0.15) is 24.2 Å². The van der Waals surface area contributed by atoms with Crippen molar-refractivity contribution in [2.24, 2.45) is 11.7 Å². The second kappa shape index (κ2) is 13.0. The highest BCUT2D eigenvalue weighted by atomic mass is 32.1. The summed E-state index contributed by atoms with van der Waals surface area (Å²) in [4.78, 5) is 58.9. The van der Waals surface area contributed by atoms with Crippen LogP contribution in [0, 0.1) is 5.92 Å². The van der Waals surface area contributed by atoms with Gasteiger partial charge in [0, 0.05) is 5.75 Å². The largest absolute Gasteiger partial charge is 0.481 e. The molecule has 0 aromatic carbocycles. The number of carboxylic acids is 2. The Morgan fingerprint density at radius 2 is 1.38 bits per heavy atom. The number of carboxylic acid groups (broad SMARTS) is 2. The lowest BCUT2D eigenvalue weighted by Crippen LogP contribution is -2.58. The number of nitrogens with two attached hydrogens (primary N) is 1. The van der Waals surface area contributed by atoms with Crippen LogP contribution in [0.5, 0.6) is 0 Å². The fraction of sp³-hybridized carbons (Fsp3) is 0.688. The molecule has 0 aliphatic carbocycles. The number of carbonyl (C=O) groups excluding carboxylic acids is 3. The minimum absolute atomic E-state index is 0.0660. The van der Waals surface area contributed by atoms with Crippen molar-refractivity contribution in [2.45, 2.75) is 50.9 Å². The Morgan fingerprint density at radius 3 is 1.79 bits per heavy atom. The minimum atomic E-state index is -1.58. The maximum absolute atomic E-state index is 12.6. The van der Waals surface area contributed by atoms with Crippen molar-refractivity contribution in [2.75, 3.05) is 12.4 Å². The van der Waals surface area contributed by atoms with E-state index in [-0.39, 0.29) is 18.1 Å². The van der Waals surface area contributed by atoms with Crippen LogP contribution in [0.25, 0.3) is 0 Å². The molecule has 3 amide bonds. The predicted molar refractivity (Wildman–Crippen MR) is 104 cm³/mol. The summed E-state index contributed by atoms with van der Waals surface area (Å²) in [6.07, 6.45) is -0.666. The molecule has 0 aromatic heterocycles. The lowest BCUT2D eigenvalue weighted by Gasteiger charge is -2.25. The van der Waals surface area contributed by atoms with E-state index in [1.54, 1.807) is 13.8 Å². The summed E-state index contributed by atoms with van der Waals surface area (Å²) in [6, 6.07) is -5.38. The van der Waals surface area contributed by atoms with Crippen molar-refractivity contribution in [1.82, 2.24) is 16.0 Å². The quantitative estimate of drug-likeness (QED) is 0.141. The summed E-state index contributed by atoms with van der Waals surface area (Å²) in [5, 5.41) is 33.6. The molecule has 12 nitrogen and oxygen atoms in total. The van der Waals surface area contributed by atoms with Crippen LogP contribution >= 0.6 is 12.6 Å². The smallest absolute Gasteiger partial charge is 0.327 e. The van der Waals surface area contributed by atoms with Crippen LogP contribution in [-0.2, 0) is 24.0 Å². The maximum atomic E-state index is 12.6. The summed E-state index contributed by atoms with van der Waals surface area (Å²) in [6.45, 7) is 2.89. The third-order valence-electron chi connectivity index (χ3n) is 3.68. The van der Waals surface area contributed by atoms with Crippen LogP contribution in [0.15, 0.2) is 0 Å². The number of aliphatic hydroxyl groups is 1. The molecule has 0 bridgehead atoms. The van der Waals surface area contributed by atoms with Crippen LogP contribution in [0.2, 0.25) is 0 Å². The summed E-state index contributed by atoms with van der Waals surface area (Å²) in [5.41, 5.74) is 5.41. The van der Waals surface area contributed by atoms with E-state index >= 15 is 0 Å². The van der Waals surface area contributed by atoms with E-state index in [9.17, 15) is 24.0 Å². The fourth-order valence-electron chi connectivity index (χ4n) is 2.18. The molecular weight excluding hydrogens is 408 g/mol. The Bertz CT molecular complexity index is 616. The third kappa shape index (κ3) is 10.1. The molecule has 0 aromatic rings. The number of amides is 3. The lowest BCUT2D eigenvalue weighted by molar-refractivity contribution is -0.143. The van der Waals surface area contributed by atoms with Crippen LogP contribution in [0.3, 0.4) is 0 Å². The van der Waals surface area contributed by atoms with Crippen molar-refractivity contribution >= 4 is 42.3 Å². The molecular formula is C16H28N4O8S. The van der Waals surface area contributed by atoms with Crippen LogP contribution in [0.4, 0.5) is 0 Å². The Hall–Kier alpha value is -2.38. The molecule has 0 radical (unpaired) electrons. The average Bonchev–Trinajstić information content (AvgIpc) is 2.62. The molecule has 29 heavy (non-hydrogen) atoms. The highest BCUT2D eigenvalue weighted by Crippen LogP contribution is 2.07. The van der Waals surface area contributed by atoms with Gasteiger partial charge in [-0.3, -0.25) is 19.2 Å². The van der Waals surface area contributed by atoms with E-state index in [1.165, 1.54) is 0 Å². The zero-order valence-electron chi connectivity index (χ0n) is 16.1. The molecule has 0 aliphatic rings. The number of rotatable bonds is 13. The van der Waals surface area contributed by atoms with E-state index in [1.807, 2.05) is 0 Å². The van der Waals surface area contributed by atoms with Crippen LogP contribution < -0.4 is 21.7 Å². The topological polar surface area (TPSA) is 208 Å². The first-order valence-corrected chi connectivity index (χ1v) is 9.39. The molecule has 0 spiro atoms. The molecule has 4 atom stereocenters. The van der Waals surface area contributed by atoms with E-state index in [0.717, 1.165) is 0 Å². The van der Waals surface area contributed by atoms with Gasteiger partial charge in [-0.1, -0.05) is 13.8 Å².